The summed E-state index contributed by atoms with van der Waals surface area (Å²) in [6, 6.07) is 18.6. The predicted molar refractivity (Wildman–Crippen MR) is 101 cm³/mol. The Morgan fingerprint density at radius 3 is 2.38 bits per heavy atom. The third-order valence-electron chi connectivity index (χ3n) is 3.98. The number of benzene rings is 2. The third kappa shape index (κ3) is 3.66. The Balaban J connectivity index is 2.04. The number of nitrogens with zero attached hydrogens (tertiary/aromatic N) is 2. The standard InChI is InChI=1S/C20H22N2OS/c1-15(2)16-8-10-17(11-9-16)19-14-24-20(22(19)12-13-23)21-18-6-4-3-5-7-18/h3-11,14-15,23H,12-13H2,1-2H3. The molecule has 3 rings (SSSR count). The van der Waals surface area contributed by atoms with Crippen molar-refractivity contribution >= 4 is 17.0 Å². The second-order valence-corrected chi connectivity index (χ2v) is 6.84. The summed E-state index contributed by atoms with van der Waals surface area (Å²) in [5, 5.41) is 11.6. The molecule has 0 unspecified atom stereocenters. The normalized spacial score (nSPS) is 12.1. The van der Waals surface area contributed by atoms with Crippen LogP contribution in [0.5, 0.6) is 0 Å². The maximum Gasteiger partial charge on any atom is 0.190 e. The van der Waals surface area contributed by atoms with Crippen LogP contribution in [0.15, 0.2) is 65.0 Å². The van der Waals surface area contributed by atoms with E-state index in [1.54, 1.807) is 11.3 Å². The second-order valence-electron chi connectivity index (χ2n) is 6.00. The largest absolute Gasteiger partial charge is 0.395 e. The fourth-order valence-electron chi connectivity index (χ4n) is 2.62. The molecule has 0 aliphatic rings. The highest BCUT2D eigenvalue weighted by atomic mass is 32.1. The average molecular weight is 338 g/mol. The molecular weight excluding hydrogens is 316 g/mol. The zero-order valence-electron chi connectivity index (χ0n) is 14.0. The van der Waals surface area contributed by atoms with Crippen molar-refractivity contribution < 1.29 is 5.11 Å². The minimum absolute atomic E-state index is 0.0930. The molecular formula is C20H22N2OS. The lowest BCUT2D eigenvalue weighted by atomic mass is 10.0. The van der Waals surface area contributed by atoms with Crippen molar-refractivity contribution in [2.75, 3.05) is 6.61 Å². The average Bonchev–Trinajstić information content (AvgIpc) is 2.99. The van der Waals surface area contributed by atoms with Crippen molar-refractivity contribution in [3.05, 3.63) is 70.3 Å². The van der Waals surface area contributed by atoms with Gasteiger partial charge in [0, 0.05) is 11.9 Å². The maximum atomic E-state index is 9.46. The van der Waals surface area contributed by atoms with Gasteiger partial charge in [-0.3, -0.25) is 0 Å². The summed E-state index contributed by atoms with van der Waals surface area (Å²) < 4.78 is 2.09. The van der Waals surface area contributed by atoms with Crippen LogP contribution in [0.1, 0.15) is 25.3 Å². The highest BCUT2D eigenvalue weighted by Crippen LogP contribution is 2.23. The molecule has 1 heterocycles. The Hall–Kier alpha value is -2.17. The van der Waals surface area contributed by atoms with Crippen molar-refractivity contribution in [3.63, 3.8) is 0 Å². The molecule has 3 aromatic rings. The Morgan fingerprint density at radius 1 is 1.04 bits per heavy atom. The fourth-order valence-corrected chi connectivity index (χ4v) is 3.57. The molecule has 124 valence electrons. The van der Waals surface area contributed by atoms with Gasteiger partial charge in [0.15, 0.2) is 4.80 Å². The summed E-state index contributed by atoms with van der Waals surface area (Å²) in [5.74, 6) is 0.523. The molecule has 3 nitrogen and oxygen atoms in total. The topological polar surface area (TPSA) is 37.5 Å². The number of hydrogen-bond donors (Lipinski definition) is 1. The van der Waals surface area contributed by atoms with Crippen molar-refractivity contribution in [2.24, 2.45) is 4.99 Å². The van der Waals surface area contributed by atoms with E-state index in [2.05, 4.69) is 48.1 Å². The Kier molecular flexibility index (Phi) is 5.28. The van der Waals surface area contributed by atoms with E-state index in [1.165, 1.54) is 5.56 Å². The van der Waals surface area contributed by atoms with E-state index in [-0.39, 0.29) is 6.61 Å². The summed E-state index contributed by atoms with van der Waals surface area (Å²) in [6.45, 7) is 5.02. The number of para-hydroxylation sites is 1. The SMILES string of the molecule is CC(C)c1ccc(-c2csc(=Nc3ccccc3)n2CCO)cc1. The van der Waals surface area contributed by atoms with Gasteiger partial charge in [-0.25, -0.2) is 4.99 Å². The van der Waals surface area contributed by atoms with Crippen molar-refractivity contribution in [1.82, 2.24) is 4.57 Å². The second kappa shape index (κ2) is 7.60. The summed E-state index contributed by atoms with van der Waals surface area (Å²) in [7, 11) is 0. The first kappa shape index (κ1) is 16.7. The number of aromatic nitrogens is 1. The number of aliphatic hydroxyl groups excluding tert-OH is 1. The summed E-state index contributed by atoms with van der Waals surface area (Å²) in [6.07, 6.45) is 0. The van der Waals surface area contributed by atoms with Gasteiger partial charge < -0.3 is 9.67 Å². The molecule has 2 aromatic carbocycles. The first-order valence-electron chi connectivity index (χ1n) is 8.18. The molecule has 1 N–H and O–H groups in total. The molecule has 0 fully saturated rings. The fraction of sp³-hybridized carbons (Fsp3) is 0.250. The van der Waals surface area contributed by atoms with Gasteiger partial charge in [0.25, 0.3) is 0 Å². The third-order valence-corrected chi connectivity index (χ3v) is 4.84. The van der Waals surface area contributed by atoms with Crippen LogP contribution in [-0.4, -0.2) is 16.3 Å². The molecule has 0 amide bonds. The van der Waals surface area contributed by atoms with Gasteiger partial charge in [-0.2, -0.15) is 0 Å². The quantitative estimate of drug-likeness (QED) is 0.727. The molecule has 0 saturated heterocycles. The van der Waals surface area contributed by atoms with Crippen LogP contribution in [0, 0.1) is 0 Å². The lowest BCUT2D eigenvalue weighted by molar-refractivity contribution is 0.275. The first-order chi connectivity index (χ1) is 11.7. The molecule has 0 bridgehead atoms. The van der Waals surface area contributed by atoms with Gasteiger partial charge in [-0.1, -0.05) is 56.3 Å². The van der Waals surface area contributed by atoms with E-state index >= 15 is 0 Å². The van der Waals surface area contributed by atoms with E-state index in [9.17, 15) is 5.11 Å². The number of aliphatic hydroxyl groups is 1. The van der Waals surface area contributed by atoms with Crippen LogP contribution in [0.3, 0.4) is 0 Å². The minimum atomic E-state index is 0.0930. The molecule has 0 atom stereocenters. The lowest BCUT2D eigenvalue weighted by Crippen LogP contribution is -2.17. The molecule has 1 aromatic heterocycles. The van der Waals surface area contributed by atoms with Crippen LogP contribution in [0.25, 0.3) is 11.3 Å². The summed E-state index contributed by atoms with van der Waals surface area (Å²) in [5.41, 5.74) is 4.50. The van der Waals surface area contributed by atoms with E-state index in [1.807, 2.05) is 30.3 Å². The first-order valence-corrected chi connectivity index (χ1v) is 9.06. The van der Waals surface area contributed by atoms with Crippen LogP contribution < -0.4 is 4.80 Å². The maximum absolute atomic E-state index is 9.46. The van der Waals surface area contributed by atoms with E-state index < -0.39 is 0 Å². The van der Waals surface area contributed by atoms with Gasteiger partial charge in [-0.05, 0) is 29.2 Å². The molecule has 0 aliphatic carbocycles. The number of hydrogen-bond acceptors (Lipinski definition) is 3. The van der Waals surface area contributed by atoms with Crippen LogP contribution in [0.2, 0.25) is 0 Å². The van der Waals surface area contributed by atoms with Gasteiger partial charge in [0.1, 0.15) is 0 Å². The molecule has 24 heavy (non-hydrogen) atoms. The highest BCUT2D eigenvalue weighted by Gasteiger charge is 2.08. The number of thiazole rings is 1. The zero-order valence-corrected chi connectivity index (χ0v) is 14.8. The zero-order chi connectivity index (χ0) is 16.9. The molecule has 0 spiro atoms. The van der Waals surface area contributed by atoms with Crippen molar-refractivity contribution in [2.45, 2.75) is 26.3 Å². The lowest BCUT2D eigenvalue weighted by Gasteiger charge is -2.09. The Labute approximate surface area is 146 Å². The summed E-state index contributed by atoms with van der Waals surface area (Å²) >= 11 is 1.60. The number of rotatable bonds is 5. The van der Waals surface area contributed by atoms with Gasteiger partial charge in [0.2, 0.25) is 0 Å². The molecule has 4 heteroatoms. The van der Waals surface area contributed by atoms with E-state index in [4.69, 9.17) is 4.99 Å². The van der Waals surface area contributed by atoms with Gasteiger partial charge >= 0.3 is 0 Å². The predicted octanol–water partition coefficient (Wildman–Crippen LogP) is 4.56. The monoisotopic (exact) mass is 338 g/mol. The van der Waals surface area contributed by atoms with E-state index in [0.717, 1.165) is 21.7 Å². The Morgan fingerprint density at radius 2 is 1.75 bits per heavy atom. The highest BCUT2D eigenvalue weighted by molar-refractivity contribution is 7.07. The Bertz CT molecular complexity index is 845. The minimum Gasteiger partial charge on any atom is -0.395 e. The van der Waals surface area contributed by atoms with Crippen molar-refractivity contribution in [1.29, 1.82) is 0 Å². The smallest absolute Gasteiger partial charge is 0.190 e. The molecule has 0 radical (unpaired) electrons. The van der Waals surface area contributed by atoms with Gasteiger partial charge in [0.05, 0.1) is 18.0 Å². The van der Waals surface area contributed by atoms with E-state index in [0.29, 0.717) is 12.5 Å². The molecule has 0 saturated carbocycles. The summed E-state index contributed by atoms with van der Waals surface area (Å²) in [4.78, 5) is 5.62. The van der Waals surface area contributed by atoms with Crippen molar-refractivity contribution in [3.8, 4) is 11.3 Å². The van der Waals surface area contributed by atoms with Crippen LogP contribution >= 0.6 is 11.3 Å². The van der Waals surface area contributed by atoms with Crippen LogP contribution in [-0.2, 0) is 6.54 Å². The molecule has 0 aliphatic heterocycles. The van der Waals surface area contributed by atoms with Gasteiger partial charge in [-0.15, -0.1) is 11.3 Å². The van der Waals surface area contributed by atoms with Crippen LogP contribution in [0.4, 0.5) is 5.69 Å².